The molecule has 1 rings (SSSR count). The van der Waals surface area contributed by atoms with Gasteiger partial charge in [-0.15, -0.1) is 0 Å². The van der Waals surface area contributed by atoms with Crippen molar-refractivity contribution in [2.45, 2.75) is 33.5 Å². The summed E-state index contributed by atoms with van der Waals surface area (Å²) < 4.78 is 9.83. The number of ether oxygens (including phenoxy) is 2. The Morgan fingerprint density at radius 1 is 1.38 bits per heavy atom. The predicted octanol–water partition coefficient (Wildman–Crippen LogP) is 0.327. The highest BCUT2D eigenvalue weighted by atomic mass is 16.8. The first kappa shape index (κ1) is 9.81. The normalized spacial score (nSPS) is 28.3. The first-order valence-corrected chi connectivity index (χ1v) is 3.97. The molecule has 4 nitrogen and oxygen atoms in total. The molecule has 72 valence electrons. The fraction of sp³-hybridized carbons (Fsp3) is 0.667. The van der Waals surface area contributed by atoms with Crippen LogP contribution in [-0.4, -0.2) is 11.8 Å². The second kappa shape index (κ2) is 2.60. The molecule has 13 heavy (non-hydrogen) atoms. The number of carbonyl (C=O) groups excluding carboxylic acids is 1. The van der Waals surface area contributed by atoms with E-state index < -0.39 is 23.1 Å². The van der Waals surface area contributed by atoms with E-state index in [9.17, 15) is 9.90 Å². The van der Waals surface area contributed by atoms with Gasteiger partial charge in [0.1, 0.15) is 0 Å². The Bertz CT molecular complexity index is 261. The third-order valence-electron chi connectivity index (χ3n) is 2.14. The molecule has 1 aliphatic heterocycles. The van der Waals surface area contributed by atoms with Crippen molar-refractivity contribution in [2.75, 3.05) is 0 Å². The van der Waals surface area contributed by atoms with Crippen LogP contribution in [0.15, 0.2) is 5.95 Å². The van der Waals surface area contributed by atoms with Gasteiger partial charge in [0.25, 0.3) is 0 Å². The molecule has 0 radical (unpaired) electrons. The second-order valence-corrected chi connectivity index (χ2v) is 4.10. The highest BCUT2D eigenvalue weighted by molar-refractivity contribution is 5.78. The SMILES string of the molecule is CC(C)(C)C1(C)OC(=O)[C+]=C([O-])O1. The summed E-state index contributed by atoms with van der Waals surface area (Å²) in [5.74, 6) is -2.74. The monoisotopic (exact) mass is 184 g/mol. The lowest BCUT2D eigenvalue weighted by Crippen LogP contribution is -2.49. The Balaban J connectivity index is 2.97. The van der Waals surface area contributed by atoms with Gasteiger partial charge in [-0.25, -0.2) is 0 Å². The average Bonchev–Trinajstić information content (AvgIpc) is 1.79. The molecule has 0 aromatic heterocycles. The van der Waals surface area contributed by atoms with Gasteiger partial charge in [-0.05, 0) is 6.92 Å². The highest BCUT2D eigenvalue weighted by Gasteiger charge is 2.45. The molecule has 0 saturated heterocycles. The van der Waals surface area contributed by atoms with Gasteiger partial charge in [0.2, 0.25) is 0 Å². The van der Waals surface area contributed by atoms with Crippen molar-refractivity contribution >= 4 is 5.97 Å². The molecule has 0 aromatic rings. The van der Waals surface area contributed by atoms with Gasteiger partial charge >= 0.3 is 18.0 Å². The summed E-state index contributed by atoms with van der Waals surface area (Å²) in [6, 6.07) is 0. The molecule has 1 atom stereocenters. The number of hydrogen-bond acceptors (Lipinski definition) is 4. The van der Waals surface area contributed by atoms with Crippen molar-refractivity contribution in [3.8, 4) is 0 Å². The van der Waals surface area contributed by atoms with Crippen LogP contribution in [0.5, 0.6) is 0 Å². The molecule has 1 heterocycles. The van der Waals surface area contributed by atoms with E-state index in [1.165, 1.54) is 0 Å². The van der Waals surface area contributed by atoms with Gasteiger partial charge in [0.15, 0.2) is 5.79 Å². The van der Waals surface area contributed by atoms with Crippen LogP contribution in [0.25, 0.3) is 0 Å². The lowest BCUT2D eigenvalue weighted by Gasteiger charge is -2.44. The van der Waals surface area contributed by atoms with E-state index >= 15 is 0 Å². The highest BCUT2D eigenvalue weighted by Crippen LogP contribution is 2.37. The third-order valence-corrected chi connectivity index (χ3v) is 2.14. The number of cyclic esters (lactones) is 1. The summed E-state index contributed by atoms with van der Waals surface area (Å²) in [5, 5.41) is 10.9. The summed E-state index contributed by atoms with van der Waals surface area (Å²) in [4.78, 5) is 10.9. The molecule has 0 aromatic carbocycles. The Morgan fingerprint density at radius 2 is 1.92 bits per heavy atom. The van der Waals surface area contributed by atoms with E-state index in [1.807, 2.05) is 26.8 Å². The lowest BCUT2D eigenvalue weighted by atomic mass is 9.86. The fourth-order valence-electron chi connectivity index (χ4n) is 0.815. The molecule has 0 aliphatic carbocycles. The third kappa shape index (κ3) is 1.73. The zero-order valence-corrected chi connectivity index (χ0v) is 8.13. The molecule has 0 spiro atoms. The van der Waals surface area contributed by atoms with Gasteiger partial charge in [-0.2, -0.15) is 4.79 Å². The fourth-order valence-corrected chi connectivity index (χ4v) is 0.815. The lowest BCUT2D eigenvalue weighted by molar-refractivity contribution is -0.407. The molecular weight excluding hydrogens is 172 g/mol. The molecular formula is C9H12O4. The Labute approximate surface area is 77.1 Å². The predicted molar refractivity (Wildman–Crippen MR) is 41.8 cm³/mol. The minimum absolute atomic E-state index is 0.458. The number of carbonyl (C=O) groups is 1. The van der Waals surface area contributed by atoms with Crippen molar-refractivity contribution in [3.05, 3.63) is 12.0 Å². The minimum Gasteiger partial charge on any atom is -0.534 e. The molecule has 0 N–H and O–H groups in total. The van der Waals surface area contributed by atoms with Gasteiger partial charge in [-0.1, -0.05) is 20.8 Å². The minimum atomic E-state index is -1.20. The van der Waals surface area contributed by atoms with Crippen molar-refractivity contribution in [2.24, 2.45) is 5.41 Å². The molecule has 1 aliphatic rings. The van der Waals surface area contributed by atoms with Crippen LogP contribution < -0.4 is 5.11 Å². The van der Waals surface area contributed by atoms with Crippen LogP contribution in [0.2, 0.25) is 0 Å². The molecule has 0 saturated carbocycles. The summed E-state index contributed by atoms with van der Waals surface area (Å²) in [7, 11) is 0. The van der Waals surface area contributed by atoms with Crippen molar-refractivity contribution in [3.63, 3.8) is 0 Å². The molecule has 0 amide bonds. The molecule has 0 bridgehead atoms. The Kier molecular flexibility index (Phi) is 1.96. The maximum atomic E-state index is 10.9. The Hall–Kier alpha value is -1.28. The van der Waals surface area contributed by atoms with Crippen molar-refractivity contribution in [1.82, 2.24) is 0 Å². The van der Waals surface area contributed by atoms with Crippen molar-refractivity contribution in [1.29, 1.82) is 0 Å². The van der Waals surface area contributed by atoms with Crippen LogP contribution in [0.1, 0.15) is 27.7 Å². The molecule has 4 heteroatoms. The number of rotatable bonds is 0. The topological polar surface area (TPSA) is 58.6 Å². The van der Waals surface area contributed by atoms with E-state index in [0.717, 1.165) is 0 Å². The maximum absolute atomic E-state index is 10.9. The van der Waals surface area contributed by atoms with Gasteiger partial charge in [-0.3, -0.25) is 0 Å². The first-order valence-electron chi connectivity index (χ1n) is 3.97. The quantitative estimate of drug-likeness (QED) is 0.402. The maximum Gasteiger partial charge on any atom is 0.592 e. The van der Waals surface area contributed by atoms with Crippen LogP contribution in [0.4, 0.5) is 0 Å². The summed E-state index contributed by atoms with van der Waals surface area (Å²) in [6.45, 7) is 7.01. The summed E-state index contributed by atoms with van der Waals surface area (Å²) >= 11 is 0. The standard InChI is InChI=1S/C9H12O4/c1-8(2,3)9(4)12-6(10)5-7(11)13-9/h1-4H3. The largest absolute Gasteiger partial charge is 0.592 e. The smallest absolute Gasteiger partial charge is 0.534 e. The summed E-state index contributed by atoms with van der Waals surface area (Å²) in [6.07, 6.45) is 1.88. The number of hydrogen-bond donors (Lipinski definition) is 0. The second-order valence-electron chi connectivity index (χ2n) is 4.10. The van der Waals surface area contributed by atoms with Gasteiger partial charge in [0.05, 0.1) is 0 Å². The average molecular weight is 184 g/mol. The zero-order chi connectivity index (χ0) is 10.3. The van der Waals surface area contributed by atoms with Crippen LogP contribution in [0, 0.1) is 11.5 Å². The number of esters is 1. The van der Waals surface area contributed by atoms with Crippen LogP contribution >= 0.6 is 0 Å². The van der Waals surface area contributed by atoms with Gasteiger partial charge in [0, 0.05) is 5.41 Å². The van der Waals surface area contributed by atoms with E-state index in [-0.39, 0.29) is 0 Å². The van der Waals surface area contributed by atoms with Gasteiger partial charge < -0.3 is 14.6 Å². The molecule has 1 unspecified atom stereocenters. The van der Waals surface area contributed by atoms with Crippen LogP contribution in [0.3, 0.4) is 0 Å². The Morgan fingerprint density at radius 3 is 2.31 bits per heavy atom. The van der Waals surface area contributed by atoms with E-state index in [4.69, 9.17) is 9.47 Å². The van der Waals surface area contributed by atoms with E-state index in [2.05, 4.69) is 0 Å². The van der Waals surface area contributed by atoms with Crippen molar-refractivity contribution < 1.29 is 19.4 Å². The molecule has 0 fully saturated rings. The first-order chi connectivity index (χ1) is 5.74. The summed E-state index contributed by atoms with van der Waals surface area (Å²) in [5.41, 5.74) is -0.458. The van der Waals surface area contributed by atoms with Crippen LogP contribution in [-0.2, 0) is 14.3 Å². The zero-order valence-electron chi connectivity index (χ0n) is 8.13. The van der Waals surface area contributed by atoms with E-state index in [1.54, 1.807) is 6.92 Å². The van der Waals surface area contributed by atoms with E-state index in [0.29, 0.717) is 0 Å².